The highest BCUT2D eigenvalue weighted by Crippen LogP contribution is 2.28. The molecule has 0 fully saturated rings. The third-order valence-electron chi connectivity index (χ3n) is 4.84. The molecular weight excluding hydrogens is 396 g/mol. The number of fused-ring (bicyclic) bond motifs is 1. The lowest BCUT2D eigenvalue weighted by atomic mass is 10.1. The number of methoxy groups -OCH3 is 1. The Bertz CT molecular complexity index is 1320. The molecule has 0 aliphatic carbocycles. The highest BCUT2D eigenvalue weighted by molar-refractivity contribution is 5.93. The van der Waals surface area contributed by atoms with E-state index in [1.54, 1.807) is 62.6 Å². The van der Waals surface area contributed by atoms with Crippen molar-refractivity contribution < 1.29 is 23.4 Å². The van der Waals surface area contributed by atoms with Crippen LogP contribution in [-0.2, 0) is 0 Å². The Labute approximate surface area is 178 Å². The number of esters is 1. The summed E-state index contributed by atoms with van der Waals surface area (Å²) in [6, 6.07) is 18.7. The van der Waals surface area contributed by atoms with E-state index in [2.05, 4.69) is 0 Å². The Hall–Kier alpha value is -4.06. The van der Waals surface area contributed by atoms with Crippen LogP contribution in [0.3, 0.4) is 0 Å². The Morgan fingerprint density at radius 2 is 1.55 bits per heavy atom. The van der Waals surface area contributed by atoms with E-state index in [9.17, 15) is 9.59 Å². The fourth-order valence-electron chi connectivity index (χ4n) is 3.18. The van der Waals surface area contributed by atoms with Gasteiger partial charge in [0.05, 0.1) is 18.1 Å². The summed E-state index contributed by atoms with van der Waals surface area (Å²) in [6.45, 7) is 3.48. The van der Waals surface area contributed by atoms with Crippen LogP contribution in [0.25, 0.3) is 11.0 Å². The minimum Gasteiger partial charge on any atom is -0.497 e. The zero-order chi connectivity index (χ0) is 22.0. The summed E-state index contributed by atoms with van der Waals surface area (Å²) in [5.74, 6) is 1.39. The van der Waals surface area contributed by atoms with Crippen molar-refractivity contribution in [1.82, 2.24) is 0 Å². The van der Waals surface area contributed by atoms with Crippen LogP contribution in [0.4, 0.5) is 0 Å². The summed E-state index contributed by atoms with van der Waals surface area (Å²) in [6.07, 6.45) is 0. The summed E-state index contributed by atoms with van der Waals surface area (Å²) in [5.41, 5.74) is 1.28. The number of aryl methyl sites for hydroxylation is 2. The predicted molar refractivity (Wildman–Crippen MR) is 116 cm³/mol. The van der Waals surface area contributed by atoms with Crippen LogP contribution >= 0.6 is 0 Å². The van der Waals surface area contributed by atoms with Gasteiger partial charge in [-0.05, 0) is 61.9 Å². The standard InChI is InChI=1S/C25H20O6/c1-15-6-4-5-7-20(15)25(27)31-19-12-13-21-22(14-19)29-16(2)24(23(21)26)30-18-10-8-17(28-3)9-11-18/h4-14H,1-3H3. The monoisotopic (exact) mass is 416 g/mol. The Kier molecular flexibility index (Phi) is 5.45. The number of carbonyl (C=O) groups is 1. The van der Waals surface area contributed by atoms with Gasteiger partial charge in [-0.25, -0.2) is 4.79 Å². The van der Waals surface area contributed by atoms with Gasteiger partial charge in [0.2, 0.25) is 11.2 Å². The second-order valence-corrected chi connectivity index (χ2v) is 6.96. The molecule has 0 bridgehead atoms. The van der Waals surface area contributed by atoms with Crippen molar-refractivity contribution in [2.75, 3.05) is 7.11 Å². The second kappa shape index (κ2) is 8.36. The Morgan fingerprint density at radius 3 is 2.26 bits per heavy atom. The minimum atomic E-state index is -0.476. The maximum Gasteiger partial charge on any atom is 0.343 e. The number of carbonyl (C=O) groups excluding carboxylic acids is 1. The molecule has 0 radical (unpaired) electrons. The van der Waals surface area contributed by atoms with Crippen LogP contribution in [0.15, 0.2) is 75.9 Å². The van der Waals surface area contributed by atoms with E-state index in [0.717, 1.165) is 5.56 Å². The smallest absolute Gasteiger partial charge is 0.343 e. The zero-order valence-electron chi connectivity index (χ0n) is 17.3. The van der Waals surface area contributed by atoms with E-state index < -0.39 is 5.97 Å². The Balaban J connectivity index is 1.63. The number of rotatable bonds is 5. The van der Waals surface area contributed by atoms with Gasteiger partial charge >= 0.3 is 5.97 Å². The maximum atomic E-state index is 13.0. The quantitative estimate of drug-likeness (QED) is 0.319. The molecule has 6 nitrogen and oxygen atoms in total. The normalized spacial score (nSPS) is 10.7. The van der Waals surface area contributed by atoms with Crippen LogP contribution in [0.1, 0.15) is 21.7 Å². The fraction of sp³-hybridized carbons (Fsp3) is 0.120. The molecule has 1 heterocycles. The van der Waals surface area contributed by atoms with Gasteiger partial charge < -0.3 is 18.6 Å². The van der Waals surface area contributed by atoms with Gasteiger partial charge in [0.1, 0.15) is 28.6 Å². The first kappa shape index (κ1) is 20.2. The molecule has 0 aliphatic rings. The average molecular weight is 416 g/mol. The Morgan fingerprint density at radius 1 is 0.871 bits per heavy atom. The predicted octanol–water partition coefficient (Wildman–Crippen LogP) is 5.43. The number of benzene rings is 3. The molecule has 0 N–H and O–H groups in total. The van der Waals surface area contributed by atoms with Crippen molar-refractivity contribution in [1.29, 1.82) is 0 Å². The fourth-order valence-corrected chi connectivity index (χ4v) is 3.18. The van der Waals surface area contributed by atoms with Crippen molar-refractivity contribution in [3.63, 3.8) is 0 Å². The first-order valence-corrected chi connectivity index (χ1v) is 9.63. The van der Waals surface area contributed by atoms with E-state index in [1.807, 2.05) is 19.1 Å². The van der Waals surface area contributed by atoms with Crippen LogP contribution in [0.5, 0.6) is 23.0 Å². The molecule has 0 aliphatic heterocycles. The van der Waals surface area contributed by atoms with E-state index in [1.165, 1.54) is 6.07 Å². The third kappa shape index (κ3) is 4.14. The molecule has 0 saturated carbocycles. The molecular formula is C25H20O6. The van der Waals surface area contributed by atoms with Gasteiger partial charge in [-0.15, -0.1) is 0 Å². The molecule has 3 aromatic carbocycles. The van der Waals surface area contributed by atoms with Crippen LogP contribution in [0.2, 0.25) is 0 Å². The second-order valence-electron chi connectivity index (χ2n) is 6.96. The van der Waals surface area contributed by atoms with Crippen molar-refractivity contribution in [2.45, 2.75) is 13.8 Å². The maximum absolute atomic E-state index is 13.0. The molecule has 0 atom stereocenters. The van der Waals surface area contributed by atoms with Gasteiger partial charge in [-0.3, -0.25) is 4.79 Å². The summed E-state index contributed by atoms with van der Waals surface area (Å²) in [7, 11) is 1.57. The van der Waals surface area contributed by atoms with Gasteiger partial charge in [0.15, 0.2) is 0 Å². The van der Waals surface area contributed by atoms with E-state index in [4.69, 9.17) is 18.6 Å². The molecule has 4 rings (SSSR count). The van der Waals surface area contributed by atoms with Crippen LogP contribution in [0, 0.1) is 13.8 Å². The van der Waals surface area contributed by atoms with Gasteiger partial charge in [0.25, 0.3) is 0 Å². The zero-order valence-corrected chi connectivity index (χ0v) is 17.3. The number of ether oxygens (including phenoxy) is 3. The largest absolute Gasteiger partial charge is 0.497 e. The van der Waals surface area contributed by atoms with E-state index in [0.29, 0.717) is 33.8 Å². The molecule has 4 aromatic rings. The molecule has 6 heteroatoms. The van der Waals surface area contributed by atoms with Crippen molar-refractivity contribution >= 4 is 16.9 Å². The topological polar surface area (TPSA) is 75.0 Å². The highest BCUT2D eigenvalue weighted by Gasteiger charge is 2.16. The van der Waals surface area contributed by atoms with Crippen LogP contribution < -0.4 is 19.6 Å². The SMILES string of the molecule is COc1ccc(Oc2c(C)oc3cc(OC(=O)c4ccccc4C)ccc3c2=O)cc1. The molecule has 0 saturated heterocycles. The lowest BCUT2D eigenvalue weighted by Gasteiger charge is -2.10. The van der Waals surface area contributed by atoms with E-state index in [-0.39, 0.29) is 16.9 Å². The van der Waals surface area contributed by atoms with Crippen LogP contribution in [-0.4, -0.2) is 13.1 Å². The highest BCUT2D eigenvalue weighted by atomic mass is 16.5. The number of hydrogen-bond acceptors (Lipinski definition) is 6. The lowest BCUT2D eigenvalue weighted by Crippen LogP contribution is -2.11. The van der Waals surface area contributed by atoms with Gasteiger partial charge in [-0.2, -0.15) is 0 Å². The summed E-state index contributed by atoms with van der Waals surface area (Å²) < 4.78 is 22.2. The van der Waals surface area contributed by atoms with Gasteiger partial charge in [-0.1, -0.05) is 18.2 Å². The van der Waals surface area contributed by atoms with Gasteiger partial charge in [0, 0.05) is 6.07 Å². The van der Waals surface area contributed by atoms with Crippen molar-refractivity contribution in [2.24, 2.45) is 0 Å². The molecule has 1 aromatic heterocycles. The third-order valence-corrected chi connectivity index (χ3v) is 4.84. The molecule has 0 spiro atoms. The summed E-state index contributed by atoms with van der Waals surface area (Å²) >= 11 is 0. The first-order valence-electron chi connectivity index (χ1n) is 9.63. The van der Waals surface area contributed by atoms with E-state index >= 15 is 0 Å². The van der Waals surface area contributed by atoms with Crippen molar-refractivity contribution in [3.05, 3.63) is 93.8 Å². The lowest BCUT2D eigenvalue weighted by molar-refractivity contribution is 0.0734. The minimum absolute atomic E-state index is 0.0994. The average Bonchev–Trinajstić information content (AvgIpc) is 2.77. The molecule has 31 heavy (non-hydrogen) atoms. The summed E-state index contributed by atoms with van der Waals surface area (Å²) in [5, 5.41) is 0.324. The first-order chi connectivity index (χ1) is 15.0. The number of hydrogen-bond donors (Lipinski definition) is 0. The molecule has 156 valence electrons. The summed E-state index contributed by atoms with van der Waals surface area (Å²) in [4.78, 5) is 25.4. The molecule has 0 amide bonds. The van der Waals surface area contributed by atoms with Crippen molar-refractivity contribution in [3.8, 4) is 23.0 Å². The molecule has 0 unspecified atom stereocenters.